The van der Waals surface area contributed by atoms with Gasteiger partial charge < -0.3 is 10.2 Å². The van der Waals surface area contributed by atoms with Gasteiger partial charge in [-0.3, -0.25) is 13.9 Å². The van der Waals surface area contributed by atoms with Gasteiger partial charge in [-0.15, -0.1) is 0 Å². The molecule has 0 aromatic heterocycles. The van der Waals surface area contributed by atoms with Crippen molar-refractivity contribution in [3.05, 3.63) is 94.0 Å². The molecule has 2 amide bonds. The summed E-state index contributed by atoms with van der Waals surface area (Å²) in [6, 6.07) is 18.2. The van der Waals surface area contributed by atoms with Crippen molar-refractivity contribution in [1.29, 1.82) is 0 Å². The van der Waals surface area contributed by atoms with E-state index in [2.05, 4.69) is 5.32 Å². The zero-order valence-corrected chi connectivity index (χ0v) is 26.3. The third kappa shape index (κ3) is 7.72. The Kier molecular flexibility index (Phi) is 10.3. The summed E-state index contributed by atoms with van der Waals surface area (Å²) in [7, 11) is -4.15. The van der Waals surface area contributed by atoms with Crippen LogP contribution in [0.15, 0.2) is 71.6 Å². The molecule has 9 heteroatoms. The van der Waals surface area contributed by atoms with Crippen LogP contribution in [-0.4, -0.2) is 43.8 Å². The number of anilines is 1. The summed E-state index contributed by atoms with van der Waals surface area (Å²) in [5.74, 6) is -0.709. The van der Waals surface area contributed by atoms with Gasteiger partial charge in [0.2, 0.25) is 11.8 Å². The van der Waals surface area contributed by atoms with Gasteiger partial charge in [-0.2, -0.15) is 0 Å². The molecule has 3 aromatic carbocycles. The van der Waals surface area contributed by atoms with E-state index in [1.54, 1.807) is 19.1 Å². The first-order valence-electron chi connectivity index (χ1n) is 14.5. The molecule has 224 valence electrons. The van der Waals surface area contributed by atoms with Crippen LogP contribution in [0.4, 0.5) is 5.69 Å². The van der Waals surface area contributed by atoms with Gasteiger partial charge in [0.25, 0.3) is 10.0 Å². The third-order valence-corrected chi connectivity index (χ3v) is 10.1. The van der Waals surface area contributed by atoms with Gasteiger partial charge in [-0.25, -0.2) is 8.42 Å². The monoisotopic (exact) mass is 609 g/mol. The first-order valence-corrected chi connectivity index (χ1v) is 16.3. The Balaban J connectivity index is 1.69. The zero-order valence-electron chi connectivity index (χ0n) is 24.8. The van der Waals surface area contributed by atoms with Crippen LogP contribution in [0.25, 0.3) is 0 Å². The number of carbonyl (C=O) groups excluding carboxylic acids is 2. The molecule has 7 nitrogen and oxygen atoms in total. The van der Waals surface area contributed by atoms with Crippen molar-refractivity contribution in [1.82, 2.24) is 10.2 Å². The molecular formula is C33H40ClN3O4S. The number of aryl methyl sites for hydroxylation is 3. The maximum atomic E-state index is 14.2. The van der Waals surface area contributed by atoms with E-state index >= 15 is 0 Å². The van der Waals surface area contributed by atoms with Crippen molar-refractivity contribution in [3.8, 4) is 0 Å². The average molecular weight is 610 g/mol. The predicted octanol–water partition coefficient (Wildman–Crippen LogP) is 6.33. The largest absolute Gasteiger partial charge is 0.352 e. The maximum Gasteiger partial charge on any atom is 0.264 e. The standard InChI is InChI=1S/C33H40ClN3O4S/c1-23-9-8-10-27(19-23)21-36(26(4)33(39)35-29-11-6-5-7-12-29)32(38)22-37(30-16-13-24(2)25(3)20-30)42(40,41)31-17-14-28(34)15-18-31/h8-10,13-20,26,29H,5-7,11-12,21-22H2,1-4H3,(H,35,39). The number of rotatable bonds is 10. The highest BCUT2D eigenvalue weighted by Crippen LogP contribution is 2.27. The van der Waals surface area contributed by atoms with Gasteiger partial charge >= 0.3 is 0 Å². The Bertz CT molecular complexity index is 1520. The molecule has 42 heavy (non-hydrogen) atoms. The summed E-state index contributed by atoms with van der Waals surface area (Å²) in [5, 5.41) is 3.54. The molecule has 1 aliphatic rings. The van der Waals surface area contributed by atoms with E-state index in [1.165, 1.54) is 29.2 Å². The number of nitrogens with one attached hydrogen (secondary N) is 1. The number of hydrogen-bond donors (Lipinski definition) is 1. The Morgan fingerprint density at radius 3 is 2.26 bits per heavy atom. The Labute approximate surface area is 254 Å². The fraction of sp³-hybridized carbons (Fsp3) is 0.394. The van der Waals surface area contributed by atoms with E-state index in [9.17, 15) is 18.0 Å². The second-order valence-electron chi connectivity index (χ2n) is 11.3. The molecule has 1 aliphatic carbocycles. The first-order chi connectivity index (χ1) is 20.0. The fourth-order valence-corrected chi connectivity index (χ4v) is 6.83. The van der Waals surface area contributed by atoms with Crippen molar-refractivity contribution in [3.63, 3.8) is 0 Å². The second kappa shape index (κ2) is 13.7. The van der Waals surface area contributed by atoms with Crippen molar-refractivity contribution in [2.75, 3.05) is 10.8 Å². The molecule has 1 saturated carbocycles. The Morgan fingerprint density at radius 1 is 0.929 bits per heavy atom. The lowest BCUT2D eigenvalue weighted by atomic mass is 9.95. The minimum Gasteiger partial charge on any atom is -0.352 e. The summed E-state index contributed by atoms with van der Waals surface area (Å²) in [5.41, 5.74) is 4.16. The average Bonchev–Trinajstić information content (AvgIpc) is 2.96. The molecule has 1 atom stereocenters. The van der Waals surface area contributed by atoms with Crippen molar-refractivity contribution >= 4 is 39.1 Å². The van der Waals surface area contributed by atoms with Gasteiger partial charge in [0, 0.05) is 17.6 Å². The predicted molar refractivity (Wildman–Crippen MR) is 168 cm³/mol. The number of hydrogen-bond acceptors (Lipinski definition) is 4. The second-order valence-corrected chi connectivity index (χ2v) is 13.6. The molecule has 0 bridgehead atoms. The summed E-state index contributed by atoms with van der Waals surface area (Å²) >= 11 is 6.04. The molecule has 1 N–H and O–H groups in total. The lowest BCUT2D eigenvalue weighted by Crippen LogP contribution is -2.53. The highest BCUT2D eigenvalue weighted by molar-refractivity contribution is 7.92. The van der Waals surface area contributed by atoms with Crippen LogP contribution in [0.3, 0.4) is 0 Å². The van der Waals surface area contributed by atoms with Gasteiger partial charge in [0.1, 0.15) is 12.6 Å². The molecule has 0 saturated heterocycles. The highest BCUT2D eigenvalue weighted by atomic mass is 35.5. The van der Waals surface area contributed by atoms with Crippen LogP contribution >= 0.6 is 11.6 Å². The molecular weight excluding hydrogens is 570 g/mol. The van der Waals surface area contributed by atoms with Crippen LogP contribution in [0.1, 0.15) is 61.3 Å². The number of amides is 2. The number of halogens is 1. The molecule has 0 heterocycles. The third-order valence-electron chi connectivity index (χ3n) is 8.01. The number of benzene rings is 3. The quantitative estimate of drug-likeness (QED) is 0.291. The smallest absolute Gasteiger partial charge is 0.264 e. The molecule has 1 unspecified atom stereocenters. The van der Waals surface area contributed by atoms with E-state index in [1.807, 2.05) is 51.1 Å². The molecule has 3 aromatic rings. The highest BCUT2D eigenvalue weighted by Gasteiger charge is 2.33. The van der Waals surface area contributed by atoms with E-state index < -0.39 is 28.5 Å². The van der Waals surface area contributed by atoms with Crippen LogP contribution < -0.4 is 9.62 Å². The first kappa shape index (κ1) is 31.6. The maximum absolute atomic E-state index is 14.2. The topological polar surface area (TPSA) is 86.8 Å². The van der Waals surface area contributed by atoms with Crippen molar-refractivity contribution in [2.24, 2.45) is 0 Å². The summed E-state index contributed by atoms with van der Waals surface area (Å²) in [6.45, 7) is 7.21. The lowest BCUT2D eigenvalue weighted by Gasteiger charge is -2.33. The number of sulfonamides is 1. The molecule has 0 spiro atoms. The Hall–Kier alpha value is -3.36. The normalized spacial score (nSPS) is 14.7. The molecule has 0 aliphatic heterocycles. The van der Waals surface area contributed by atoms with Crippen molar-refractivity contribution in [2.45, 2.75) is 83.3 Å². The number of carbonyl (C=O) groups is 2. The minimum atomic E-state index is -4.15. The van der Waals surface area contributed by atoms with Gasteiger partial charge in [0.05, 0.1) is 10.6 Å². The summed E-state index contributed by atoms with van der Waals surface area (Å²) in [4.78, 5) is 29.1. The summed E-state index contributed by atoms with van der Waals surface area (Å²) < 4.78 is 29.1. The minimum absolute atomic E-state index is 0.0197. The number of nitrogens with zero attached hydrogens (tertiary/aromatic N) is 2. The van der Waals surface area contributed by atoms with E-state index in [0.717, 1.165) is 58.7 Å². The van der Waals surface area contributed by atoms with E-state index in [4.69, 9.17) is 11.6 Å². The van der Waals surface area contributed by atoms with Gasteiger partial charge in [0.15, 0.2) is 0 Å². The van der Waals surface area contributed by atoms with E-state index in [0.29, 0.717) is 10.7 Å². The molecule has 0 radical (unpaired) electrons. The van der Waals surface area contributed by atoms with E-state index in [-0.39, 0.29) is 23.4 Å². The van der Waals surface area contributed by atoms with Crippen LogP contribution in [0, 0.1) is 20.8 Å². The Morgan fingerprint density at radius 2 is 1.62 bits per heavy atom. The van der Waals surface area contributed by atoms with Gasteiger partial charge in [-0.05, 0) is 93.6 Å². The summed E-state index contributed by atoms with van der Waals surface area (Å²) in [6.07, 6.45) is 5.14. The lowest BCUT2D eigenvalue weighted by molar-refractivity contribution is -0.139. The molecule has 4 rings (SSSR count). The fourth-order valence-electron chi connectivity index (χ4n) is 5.30. The van der Waals surface area contributed by atoms with Gasteiger partial charge in [-0.1, -0.05) is 66.8 Å². The molecule has 1 fully saturated rings. The zero-order chi connectivity index (χ0) is 30.4. The van der Waals surface area contributed by atoms with Crippen molar-refractivity contribution < 1.29 is 18.0 Å². The van der Waals surface area contributed by atoms with Crippen LogP contribution in [-0.2, 0) is 26.2 Å². The van der Waals surface area contributed by atoms with Crippen LogP contribution in [0.2, 0.25) is 5.02 Å². The SMILES string of the molecule is Cc1cccc(CN(C(=O)CN(c2ccc(C)c(C)c2)S(=O)(=O)c2ccc(Cl)cc2)C(C)C(=O)NC2CCCCC2)c1. The van der Waals surface area contributed by atoms with Crippen LogP contribution in [0.5, 0.6) is 0 Å².